The number of carbonyl (C=O) groups is 1. The molecule has 1 aliphatic carbocycles. The molecule has 5 rings (SSSR count). The third-order valence-corrected chi connectivity index (χ3v) is 6.68. The van der Waals surface area contributed by atoms with Crippen LogP contribution in [-0.2, 0) is 19.4 Å². The molecular formula is C27H31N3O2. The Morgan fingerprint density at radius 1 is 1.06 bits per heavy atom. The molecule has 3 aromatic rings. The van der Waals surface area contributed by atoms with Gasteiger partial charge in [0.25, 0.3) is 5.91 Å². The minimum Gasteiger partial charge on any atom is -0.491 e. The van der Waals surface area contributed by atoms with Crippen LogP contribution in [0.3, 0.4) is 0 Å². The lowest BCUT2D eigenvalue weighted by molar-refractivity contribution is 0.0716. The first-order valence-corrected chi connectivity index (χ1v) is 11.5. The number of nitrogens with one attached hydrogen (secondary N) is 1. The lowest BCUT2D eigenvalue weighted by Crippen LogP contribution is -2.27. The Bertz CT molecular complexity index is 1170. The van der Waals surface area contributed by atoms with Crippen LogP contribution < -0.4 is 4.74 Å². The number of rotatable bonds is 5. The summed E-state index contributed by atoms with van der Waals surface area (Å²) in [5, 5.41) is 7.86. The van der Waals surface area contributed by atoms with Crippen molar-refractivity contribution in [2.24, 2.45) is 5.41 Å². The summed E-state index contributed by atoms with van der Waals surface area (Å²) in [6.45, 7) is 11.3. The molecule has 0 saturated heterocycles. The zero-order chi connectivity index (χ0) is 22.6. The average Bonchev–Trinajstić information content (AvgIpc) is 3.36. The number of amides is 1. The van der Waals surface area contributed by atoms with E-state index < -0.39 is 0 Å². The van der Waals surface area contributed by atoms with Gasteiger partial charge in [-0.3, -0.25) is 9.89 Å². The summed E-state index contributed by atoms with van der Waals surface area (Å²) in [6.07, 6.45) is 2.21. The van der Waals surface area contributed by atoms with E-state index in [0.29, 0.717) is 6.54 Å². The standard InChI is InChI=1S/C27H31N3O2/c1-16(2)32-21-9-6-18(7-10-21)17(3)30-15-20-12-19(8-11-22(20)26(30)31)25-23-13-27(4,5)14-24(23)28-29-25/h6-12,16-17H,13-15H2,1-5H3,(H,28,29)/t17-/m0/s1. The van der Waals surface area contributed by atoms with E-state index in [1.807, 2.05) is 43.0 Å². The molecular weight excluding hydrogens is 398 g/mol. The highest BCUT2D eigenvalue weighted by atomic mass is 16.5. The zero-order valence-electron chi connectivity index (χ0n) is 19.5. The van der Waals surface area contributed by atoms with E-state index in [1.54, 1.807) is 0 Å². The summed E-state index contributed by atoms with van der Waals surface area (Å²) in [5.74, 6) is 0.946. The van der Waals surface area contributed by atoms with Gasteiger partial charge in [-0.2, -0.15) is 5.10 Å². The van der Waals surface area contributed by atoms with Gasteiger partial charge in [-0.15, -0.1) is 0 Å². The number of carbonyl (C=O) groups excluding carboxylic acids is 1. The smallest absolute Gasteiger partial charge is 0.255 e. The van der Waals surface area contributed by atoms with Crippen LogP contribution in [0.2, 0.25) is 0 Å². The molecule has 2 heterocycles. The fourth-order valence-corrected chi connectivity index (χ4v) is 5.08. The van der Waals surface area contributed by atoms with Gasteiger partial charge < -0.3 is 9.64 Å². The average molecular weight is 430 g/mol. The third-order valence-electron chi connectivity index (χ3n) is 6.68. The van der Waals surface area contributed by atoms with Crippen LogP contribution in [0.5, 0.6) is 5.75 Å². The molecule has 166 valence electrons. The molecule has 1 atom stereocenters. The van der Waals surface area contributed by atoms with Crippen molar-refractivity contribution in [3.05, 3.63) is 70.4 Å². The second kappa shape index (κ2) is 7.51. The van der Waals surface area contributed by atoms with Gasteiger partial charge in [0.1, 0.15) is 5.75 Å². The first-order valence-electron chi connectivity index (χ1n) is 11.5. The largest absolute Gasteiger partial charge is 0.491 e. The van der Waals surface area contributed by atoms with E-state index in [0.717, 1.165) is 46.5 Å². The van der Waals surface area contributed by atoms with E-state index in [1.165, 1.54) is 11.3 Å². The summed E-state index contributed by atoms with van der Waals surface area (Å²) >= 11 is 0. The van der Waals surface area contributed by atoms with Gasteiger partial charge in [0.15, 0.2) is 0 Å². The Kier molecular flexibility index (Phi) is 4.88. The molecule has 0 radical (unpaired) electrons. The maximum atomic E-state index is 13.2. The van der Waals surface area contributed by atoms with Gasteiger partial charge in [0.05, 0.1) is 17.8 Å². The SMILES string of the molecule is CC(C)Oc1ccc([C@H](C)N2Cc3cc(-c4n[nH]c5c4CC(C)(C)C5)ccc3C2=O)cc1. The normalized spacial score (nSPS) is 17.6. The molecule has 2 aromatic carbocycles. The molecule has 5 nitrogen and oxygen atoms in total. The first-order chi connectivity index (χ1) is 15.2. The van der Waals surface area contributed by atoms with Crippen LogP contribution in [0, 0.1) is 5.41 Å². The maximum absolute atomic E-state index is 13.2. The third kappa shape index (κ3) is 3.60. The topological polar surface area (TPSA) is 58.2 Å². The quantitative estimate of drug-likeness (QED) is 0.565. The second-order valence-corrected chi connectivity index (χ2v) is 10.3. The highest BCUT2D eigenvalue weighted by Crippen LogP contribution is 2.41. The van der Waals surface area contributed by atoms with E-state index in [2.05, 4.69) is 49.2 Å². The van der Waals surface area contributed by atoms with Gasteiger partial charge in [-0.25, -0.2) is 0 Å². The molecule has 5 heteroatoms. The zero-order valence-corrected chi connectivity index (χ0v) is 19.5. The van der Waals surface area contributed by atoms with Gasteiger partial charge in [-0.05, 0) is 74.4 Å². The summed E-state index contributed by atoms with van der Waals surface area (Å²) in [5.41, 5.74) is 7.96. The van der Waals surface area contributed by atoms with E-state index >= 15 is 0 Å². The van der Waals surface area contributed by atoms with Crippen molar-refractivity contribution < 1.29 is 9.53 Å². The lowest BCUT2D eigenvalue weighted by Gasteiger charge is -2.25. The van der Waals surface area contributed by atoms with Gasteiger partial charge in [0, 0.05) is 28.9 Å². The summed E-state index contributed by atoms with van der Waals surface area (Å²) in [6, 6.07) is 14.2. The van der Waals surface area contributed by atoms with Crippen molar-refractivity contribution in [3.63, 3.8) is 0 Å². The molecule has 0 unspecified atom stereocenters. The predicted octanol–water partition coefficient (Wildman–Crippen LogP) is 5.71. The second-order valence-electron chi connectivity index (χ2n) is 10.3. The molecule has 32 heavy (non-hydrogen) atoms. The Morgan fingerprint density at radius 3 is 2.53 bits per heavy atom. The molecule has 1 amide bonds. The number of hydrogen-bond donors (Lipinski definition) is 1. The van der Waals surface area contributed by atoms with Crippen molar-refractivity contribution in [1.29, 1.82) is 0 Å². The van der Waals surface area contributed by atoms with Gasteiger partial charge in [-0.1, -0.05) is 32.0 Å². The number of fused-ring (bicyclic) bond motifs is 2. The van der Waals surface area contributed by atoms with Crippen molar-refractivity contribution in [2.45, 2.75) is 66.2 Å². The molecule has 1 N–H and O–H groups in total. The summed E-state index contributed by atoms with van der Waals surface area (Å²) in [7, 11) is 0. The number of nitrogens with zero attached hydrogens (tertiary/aromatic N) is 2. The molecule has 0 fully saturated rings. The van der Waals surface area contributed by atoms with Crippen molar-refractivity contribution in [1.82, 2.24) is 15.1 Å². The molecule has 0 bridgehead atoms. The number of hydrogen-bond acceptors (Lipinski definition) is 3. The van der Waals surface area contributed by atoms with Gasteiger partial charge in [0.2, 0.25) is 0 Å². The fraction of sp³-hybridized carbons (Fsp3) is 0.407. The number of aromatic nitrogens is 2. The van der Waals surface area contributed by atoms with E-state index in [-0.39, 0.29) is 23.5 Å². The summed E-state index contributed by atoms with van der Waals surface area (Å²) in [4.78, 5) is 15.1. The lowest BCUT2D eigenvalue weighted by atomic mass is 9.90. The molecule has 1 aromatic heterocycles. The van der Waals surface area contributed by atoms with Crippen LogP contribution in [0.15, 0.2) is 42.5 Å². The highest BCUT2D eigenvalue weighted by Gasteiger charge is 2.34. The number of benzene rings is 2. The number of aromatic amines is 1. The minimum atomic E-state index is -0.0121. The fourth-order valence-electron chi connectivity index (χ4n) is 5.08. The monoisotopic (exact) mass is 429 g/mol. The van der Waals surface area contributed by atoms with Crippen molar-refractivity contribution >= 4 is 5.91 Å². The Hall–Kier alpha value is -3.08. The minimum absolute atomic E-state index is 0.0121. The van der Waals surface area contributed by atoms with Crippen LogP contribution in [-0.4, -0.2) is 27.1 Å². The number of H-pyrrole nitrogens is 1. The molecule has 2 aliphatic rings. The highest BCUT2D eigenvalue weighted by molar-refractivity contribution is 5.99. The number of ether oxygens (including phenoxy) is 1. The Labute approximate surface area is 189 Å². The van der Waals surface area contributed by atoms with Gasteiger partial charge >= 0.3 is 0 Å². The van der Waals surface area contributed by atoms with Crippen molar-refractivity contribution in [2.75, 3.05) is 0 Å². The van der Waals surface area contributed by atoms with Crippen LogP contribution >= 0.6 is 0 Å². The molecule has 0 spiro atoms. The Balaban J connectivity index is 1.38. The summed E-state index contributed by atoms with van der Waals surface area (Å²) < 4.78 is 5.75. The maximum Gasteiger partial charge on any atom is 0.255 e. The first kappa shape index (κ1) is 20.8. The van der Waals surface area contributed by atoms with Crippen molar-refractivity contribution in [3.8, 4) is 17.0 Å². The molecule has 0 saturated carbocycles. The molecule has 1 aliphatic heterocycles. The van der Waals surface area contributed by atoms with Crippen LogP contribution in [0.4, 0.5) is 0 Å². The predicted molar refractivity (Wildman–Crippen MR) is 126 cm³/mol. The van der Waals surface area contributed by atoms with E-state index in [4.69, 9.17) is 4.74 Å². The van der Waals surface area contributed by atoms with Crippen LogP contribution in [0.1, 0.15) is 73.4 Å². The van der Waals surface area contributed by atoms with E-state index in [9.17, 15) is 4.79 Å². The Morgan fingerprint density at radius 2 is 1.81 bits per heavy atom. The van der Waals surface area contributed by atoms with Crippen LogP contribution in [0.25, 0.3) is 11.3 Å².